The molecule has 0 radical (unpaired) electrons. The third-order valence-corrected chi connectivity index (χ3v) is 2.19. The van der Waals surface area contributed by atoms with Crippen molar-refractivity contribution in [3.05, 3.63) is 18.2 Å². The highest BCUT2D eigenvalue weighted by molar-refractivity contribution is 7.09. The zero-order chi connectivity index (χ0) is 11.6. The Morgan fingerprint density at radius 1 is 1.53 bits per heavy atom. The van der Waals surface area contributed by atoms with Gasteiger partial charge in [-0.15, -0.1) is 0 Å². The molecular weight excluding hydrogens is 217 g/mol. The summed E-state index contributed by atoms with van der Waals surface area (Å²) in [6, 6.07) is 0. The molecule has 0 aromatic carbocycles. The number of carbonyl (C=O) groups excluding carboxylic acids is 1. The molecule has 1 aromatic rings. The topological polar surface area (TPSA) is 54.9 Å². The predicted molar refractivity (Wildman–Crippen MR) is 57.5 cm³/mol. The van der Waals surface area contributed by atoms with Crippen LogP contribution in [0, 0.1) is 0 Å². The van der Waals surface area contributed by atoms with Gasteiger partial charge in [-0.3, -0.25) is 10.1 Å². The summed E-state index contributed by atoms with van der Waals surface area (Å²) >= 11 is 1.02. The zero-order valence-electron chi connectivity index (χ0n) is 8.80. The third-order valence-electron chi connectivity index (χ3n) is 1.56. The predicted octanol–water partition coefficient (Wildman–Crippen LogP) is 2.26. The van der Waals surface area contributed by atoms with Gasteiger partial charge in [0.05, 0.1) is 0 Å². The molecule has 82 valence electrons. The molecule has 0 saturated heterocycles. The molecule has 1 aromatic heterocycles. The summed E-state index contributed by atoms with van der Waals surface area (Å²) in [6.07, 6.45) is 0. The SMILES string of the molecule is C=C(F)C(=O)Nc1nc(C(C)(C)C)ns1. The number of hydrogen-bond donors (Lipinski definition) is 1. The summed E-state index contributed by atoms with van der Waals surface area (Å²) in [6.45, 7) is 8.74. The largest absolute Gasteiger partial charge is 0.295 e. The minimum absolute atomic E-state index is 0.188. The maximum Gasteiger partial charge on any atom is 0.285 e. The van der Waals surface area contributed by atoms with Crippen molar-refractivity contribution in [2.45, 2.75) is 26.2 Å². The number of carbonyl (C=O) groups is 1. The number of nitrogens with zero attached hydrogens (tertiary/aromatic N) is 2. The van der Waals surface area contributed by atoms with Crippen molar-refractivity contribution in [2.75, 3.05) is 5.32 Å². The van der Waals surface area contributed by atoms with Crippen molar-refractivity contribution < 1.29 is 9.18 Å². The standard InChI is InChI=1S/C9H12FN3OS/c1-5(10)6(14)11-8-12-7(13-15-8)9(2,3)4/h1H2,2-4H3,(H,11,12,13,14). The number of halogens is 1. The zero-order valence-corrected chi connectivity index (χ0v) is 9.61. The van der Waals surface area contributed by atoms with E-state index in [1.165, 1.54) is 0 Å². The first-order chi connectivity index (χ1) is 6.80. The van der Waals surface area contributed by atoms with Gasteiger partial charge < -0.3 is 0 Å². The van der Waals surface area contributed by atoms with E-state index in [4.69, 9.17) is 0 Å². The van der Waals surface area contributed by atoms with Crippen molar-refractivity contribution in [1.82, 2.24) is 9.36 Å². The monoisotopic (exact) mass is 229 g/mol. The van der Waals surface area contributed by atoms with E-state index in [0.29, 0.717) is 5.82 Å². The Morgan fingerprint density at radius 2 is 2.13 bits per heavy atom. The van der Waals surface area contributed by atoms with Crippen molar-refractivity contribution in [2.24, 2.45) is 0 Å². The highest BCUT2D eigenvalue weighted by Crippen LogP contribution is 2.23. The molecule has 0 aliphatic carbocycles. The molecule has 0 atom stereocenters. The molecule has 4 nitrogen and oxygen atoms in total. The molecule has 6 heteroatoms. The van der Waals surface area contributed by atoms with Crippen LogP contribution < -0.4 is 5.32 Å². The Labute approximate surface area is 91.4 Å². The first kappa shape index (κ1) is 11.8. The normalized spacial score (nSPS) is 11.2. The van der Waals surface area contributed by atoms with Gasteiger partial charge in [-0.2, -0.15) is 4.37 Å². The van der Waals surface area contributed by atoms with E-state index in [9.17, 15) is 9.18 Å². The van der Waals surface area contributed by atoms with Crippen LogP contribution in [-0.4, -0.2) is 15.3 Å². The van der Waals surface area contributed by atoms with Crippen LogP contribution >= 0.6 is 11.5 Å². The van der Waals surface area contributed by atoms with Gasteiger partial charge in [0.1, 0.15) is 5.82 Å². The van der Waals surface area contributed by atoms with Gasteiger partial charge in [0.2, 0.25) is 5.13 Å². The quantitative estimate of drug-likeness (QED) is 0.791. The van der Waals surface area contributed by atoms with E-state index in [2.05, 4.69) is 21.3 Å². The number of amides is 1. The Balaban J connectivity index is 2.78. The second-order valence-electron chi connectivity index (χ2n) is 4.03. The van der Waals surface area contributed by atoms with Crippen LogP contribution in [0.25, 0.3) is 0 Å². The molecule has 0 fully saturated rings. The molecule has 0 bridgehead atoms. The van der Waals surface area contributed by atoms with E-state index in [-0.39, 0.29) is 10.5 Å². The van der Waals surface area contributed by atoms with Crippen LogP contribution in [0.2, 0.25) is 0 Å². The summed E-state index contributed by atoms with van der Waals surface area (Å²) in [7, 11) is 0. The van der Waals surface area contributed by atoms with Crippen molar-refractivity contribution in [1.29, 1.82) is 0 Å². The van der Waals surface area contributed by atoms with Crippen molar-refractivity contribution in [3.8, 4) is 0 Å². The van der Waals surface area contributed by atoms with Crippen LogP contribution in [0.15, 0.2) is 12.4 Å². The van der Waals surface area contributed by atoms with E-state index in [1.54, 1.807) is 0 Å². The highest BCUT2D eigenvalue weighted by atomic mass is 32.1. The molecule has 1 heterocycles. The van der Waals surface area contributed by atoms with Gasteiger partial charge in [0.15, 0.2) is 5.83 Å². The lowest BCUT2D eigenvalue weighted by molar-refractivity contribution is -0.114. The molecular formula is C9H12FN3OS. The minimum Gasteiger partial charge on any atom is -0.295 e. The van der Waals surface area contributed by atoms with E-state index in [0.717, 1.165) is 11.5 Å². The van der Waals surface area contributed by atoms with Gasteiger partial charge >= 0.3 is 0 Å². The molecule has 0 spiro atoms. The van der Waals surface area contributed by atoms with Crippen molar-refractivity contribution >= 4 is 22.6 Å². The van der Waals surface area contributed by atoms with Gasteiger partial charge in [-0.1, -0.05) is 27.4 Å². The van der Waals surface area contributed by atoms with Crippen molar-refractivity contribution in [3.63, 3.8) is 0 Å². The van der Waals surface area contributed by atoms with E-state index < -0.39 is 11.7 Å². The average Bonchev–Trinajstić information content (AvgIpc) is 2.51. The van der Waals surface area contributed by atoms with Crippen LogP contribution in [-0.2, 0) is 10.2 Å². The number of nitrogens with one attached hydrogen (secondary N) is 1. The van der Waals surface area contributed by atoms with Crippen LogP contribution in [0.3, 0.4) is 0 Å². The Hall–Kier alpha value is -1.30. The number of anilines is 1. The van der Waals surface area contributed by atoms with E-state index in [1.807, 2.05) is 20.8 Å². The molecule has 1 N–H and O–H groups in total. The lowest BCUT2D eigenvalue weighted by atomic mass is 9.96. The first-order valence-electron chi connectivity index (χ1n) is 4.30. The Kier molecular flexibility index (Phi) is 3.18. The number of rotatable bonds is 2. The first-order valence-corrected chi connectivity index (χ1v) is 5.08. The van der Waals surface area contributed by atoms with E-state index >= 15 is 0 Å². The van der Waals surface area contributed by atoms with Crippen LogP contribution in [0.4, 0.5) is 9.52 Å². The van der Waals surface area contributed by atoms with Crippen LogP contribution in [0.1, 0.15) is 26.6 Å². The summed E-state index contributed by atoms with van der Waals surface area (Å²) in [5.74, 6) is -1.30. The molecule has 0 unspecified atom stereocenters. The van der Waals surface area contributed by atoms with Gasteiger partial charge in [0, 0.05) is 16.9 Å². The molecule has 0 aliphatic rings. The minimum atomic E-state index is -1.04. The second kappa shape index (κ2) is 4.06. The molecule has 15 heavy (non-hydrogen) atoms. The maximum atomic E-state index is 12.4. The van der Waals surface area contributed by atoms with Gasteiger partial charge in [-0.05, 0) is 0 Å². The molecule has 0 aliphatic heterocycles. The fourth-order valence-corrected chi connectivity index (χ4v) is 1.50. The third kappa shape index (κ3) is 3.09. The summed E-state index contributed by atoms with van der Waals surface area (Å²) in [5, 5.41) is 2.55. The maximum absolute atomic E-state index is 12.4. The van der Waals surface area contributed by atoms with Gasteiger partial charge in [0.25, 0.3) is 5.91 Å². The molecule has 0 saturated carbocycles. The fourth-order valence-electron chi connectivity index (χ4n) is 0.744. The summed E-state index contributed by atoms with van der Waals surface area (Å²) in [5.41, 5.74) is -0.188. The number of hydrogen-bond acceptors (Lipinski definition) is 4. The summed E-state index contributed by atoms with van der Waals surface area (Å²) < 4.78 is 16.4. The highest BCUT2D eigenvalue weighted by Gasteiger charge is 2.20. The molecule has 1 amide bonds. The lowest BCUT2D eigenvalue weighted by Crippen LogP contribution is -2.14. The Bertz CT molecular complexity index is 394. The summed E-state index contributed by atoms with van der Waals surface area (Å²) in [4.78, 5) is 15.0. The molecule has 1 rings (SSSR count). The number of aromatic nitrogens is 2. The lowest BCUT2D eigenvalue weighted by Gasteiger charge is -2.12. The fraction of sp³-hybridized carbons (Fsp3) is 0.444. The average molecular weight is 229 g/mol. The second-order valence-corrected chi connectivity index (χ2v) is 4.78. The Morgan fingerprint density at radius 3 is 2.53 bits per heavy atom. The smallest absolute Gasteiger partial charge is 0.285 e. The van der Waals surface area contributed by atoms with Crippen LogP contribution in [0.5, 0.6) is 0 Å². The van der Waals surface area contributed by atoms with Gasteiger partial charge in [-0.25, -0.2) is 9.37 Å².